The summed E-state index contributed by atoms with van der Waals surface area (Å²) in [6.45, 7) is 1.39. The highest BCUT2D eigenvalue weighted by Crippen LogP contribution is 2.31. The van der Waals surface area contributed by atoms with Crippen molar-refractivity contribution in [2.45, 2.75) is 38.1 Å². The maximum Gasteiger partial charge on any atom is 0.243 e. The van der Waals surface area contributed by atoms with Crippen LogP contribution < -0.4 is 16.4 Å². The zero-order valence-corrected chi connectivity index (χ0v) is 13.3. The van der Waals surface area contributed by atoms with Crippen molar-refractivity contribution in [3.8, 4) is 0 Å². The van der Waals surface area contributed by atoms with Gasteiger partial charge in [-0.3, -0.25) is 9.59 Å². The third-order valence-electron chi connectivity index (χ3n) is 4.30. The molecule has 0 bridgehead atoms. The van der Waals surface area contributed by atoms with Gasteiger partial charge < -0.3 is 16.4 Å². The SMILES string of the molecule is CC1(N)CCCCC1C(=O)NCC(=O)Nc1ccc(F)c(F)c1F. The highest BCUT2D eigenvalue weighted by molar-refractivity contribution is 5.95. The average molecular weight is 343 g/mol. The smallest absolute Gasteiger partial charge is 0.243 e. The van der Waals surface area contributed by atoms with E-state index < -0.39 is 47.0 Å². The van der Waals surface area contributed by atoms with Gasteiger partial charge in [0.1, 0.15) is 0 Å². The summed E-state index contributed by atoms with van der Waals surface area (Å²) >= 11 is 0. The quantitative estimate of drug-likeness (QED) is 0.732. The molecular weight excluding hydrogens is 323 g/mol. The van der Waals surface area contributed by atoms with Crippen molar-refractivity contribution in [2.75, 3.05) is 11.9 Å². The molecule has 0 heterocycles. The maximum atomic E-state index is 13.5. The third-order valence-corrected chi connectivity index (χ3v) is 4.30. The molecule has 0 aromatic heterocycles. The Kier molecular flexibility index (Phi) is 5.48. The number of benzene rings is 1. The summed E-state index contributed by atoms with van der Waals surface area (Å²) < 4.78 is 39.4. The highest BCUT2D eigenvalue weighted by Gasteiger charge is 2.37. The summed E-state index contributed by atoms with van der Waals surface area (Å²) in [5.74, 6) is -6.00. The van der Waals surface area contributed by atoms with Crippen molar-refractivity contribution in [1.82, 2.24) is 5.32 Å². The van der Waals surface area contributed by atoms with Gasteiger partial charge in [0.15, 0.2) is 17.5 Å². The molecule has 0 saturated heterocycles. The summed E-state index contributed by atoms with van der Waals surface area (Å²) in [7, 11) is 0. The van der Waals surface area contributed by atoms with Gasteiger partial charge in [-0.2, -0.15) is 0 Å². The van der Waals surface area contributed by atoms with Gasteiger partial charge in [0.2, 0.25) is 11.8 Å². The summed E-state index contributed by atoms with van der Waals surface area (Å²) in [6.07, 6.45) is 3.19. The number of rotatable bonds is 4. The van der Waals surface area contributed by atoms with Crippen LogP contribution >= 0.6 is 0 Å². The Morgan fingerprint density at radius 1 is 1.25 bits per heavy atom. The lowest BCUT2D eigenvalue weighted by Crippen LogP contribution is -2.53. The first-order chi connectivity index (χ1) is 11.2. The fourth-order valence-corrected chi connectivity index (χ4v) is 2.90. The molecule has 0 radical (unpaired) electrons. The Hall–Kier alpha value is -2.09. The molecule has 2 atom stereocenters. The summed E-state index contributed by atoms with van der Waals surface area (Å²) in [6, 6.07) is 1.61. The second-order valence-corrected chi connectivity index (χ2v) is 6.29. The van der Waals surface area contributed by atoms with Crippen molar-refractivity contribution in [1.29, 1.82) is 0 Å². The summed E-state index contributed by atoms with van der Waals surface area (Å²) in [4.78, 5) is 24.0. The second kappa shape index (κ2) is 7.21. The average Bonchev–Trinajstić information content (AvgIpc) is 2.53. The van der Waals surface area contributed by atoms with Crippen LogP contribution in [0.4, 0.5) is 18.9 Å². The second-order valence-electron chi connectivity index (χ2n) is 6.29. The number of halogens is 3. The number of anilines is 1. The van der Waals surface area contributed by atoms with E-state index in [0.717, 1.165) is 25.3 Å². The first kappa shape index (κ1) is 18.3. The van der Waals surface area contributed by atoms with Gasteiger partial charge in [-0.1, -0.05) is 12.8 Å². The fraction of sp³-hybridized carbons (Fsp3) is 0.500. The topological polar surface area (TPSA) is 84.2 Å². The Bertz CT molecular complexity index is 650. The van der Waals surface area contributed by atoms with Gasteiger partial charge in [-0.05, 0) is 31.9 Å². The molecule has 0 spiro atoms. The lowest BCUT2D eigenvalue weighted by molar-refractivity contribution is -0.130. The lowest BCUT2D eigenvalue weighted by Gasteiger charge is -2.37. The molecule has 1 aliphatic carbocycles. The molecule has 5 nitrogen and oxygen atoms in total. The van der Waals surface area contributed by atoms with E-state index in [0.29, 0.717) is 12.5 Å². The Labute approximate surface area is 137 Å². The molecule has 1 aromatic carbocycles. The molecular formula is C16H20F3N3O2. The minimum Gasteiger partial charge on any atom is -0.347 e. The van der Waals surface area contributed by atoms with Crippen molar-refractivity contribution in [3.05, 3.63) is 29.6 Å². The monoisotopic (exact) mass is 343 g/mol. The predicted molar refractivity (Wildman–Crippen MR) is 82.5 cm³/mol. The van der Waals surface area contributed by atoms with E-state index in [9.17, 15) is 22.8 Å². The first-order valence-corrected chi connectivity index (χ1v) is 7.72. The van der Waals surface area contributed by atoms with E-state index in [4.69, 9.17) is 5.73 Å². The van der Waals surface area contributed by atoms with Crippen LogP contribution in [0.5, 0.6) is 0 Å². The summed E-state index contributed by atoms with van der Waals surface area (Å²) in [5, 5.41) is 4.54. The van der Waals surface area contributed by atoms with Crippen LogP contribution in [-0.2, 0) is 9.59 Å². The van der Waals surface area contributed by atoms with Gasteiger partial charge in [-0.25, -0.2) is 13.2 Å². The minimum absolute atomic E-state index is 0.347. The molecule has 1 aliphatic rings. The number of amides is 2. The van der Waals surface area contributed by atoms with Crippen LogP contribution in [0.3, 0.4) is 0 Å². The first-order valence-electron chi connectivity index (χ1n) is 7.72. The van der Waals surface area contributed by atoms with Gasteiger partial charge in [0.05, 0.1) is 18.2 Å². The molecule has 4 N–H and O–H groups in total. The van der Waals surface area contributed by atoms with Gasteiger partial charge in [0, 0.05) is 5.54 Å². The third kappa shape index (κ3) is 4.05. The van der Waals surface area contributed by atoms with Crippen molar-refractivity contribution >= 4 is 17.5 Å². The van der Waals surface area contributed by atoms with Crippen molar-refractivity contribution in [2.24, 2.45) is 11.7 Å². The molecule has 2 amide bonds. The van der Waals surface area contributed by atoms with Crippen molar-refractivity contribution in [3.63, 3.8) is 0 Å². The van der Waals surface area contributed by atoms with E-state index in [1.165, 1.54) is 0 Å². The molecule has 0 aliphatic heterocycles. The van der Waals surface area contributed by atoms with Crippen LogP contribution in [0.15, 0.2) is 12.1 Å². The molecule has 1 fully saturated rings. The number of nitrogens with one attached hydrogen (secondary N) is 2. The van der Waals surface area contributed by atoms with E-state index in [1.807, 2.05) is 0 Å². The standard InChI is InChI=1S/C16H20F3N3O2/c1-16(20)7-3-2-4-9(16)15(24)21-8-12(23)22-11-6-5-10(17)13(18)14(11)19/h5-6,9H,2-4,7-8,20H2,1H3,(H,21,24)(H,22,23). The van der Waals surface area contributed by atoms with Gasteiger partial charge in [-0.15, -0.1) is 0 Å². The maximum absolute atomic E-state index is 13.5. The number of hydrogen-bond donors (Lipinski definition) is 3. The number of nitrogens with two attached hydrogens (primary N) is 1. The largest absolute Gasteiger partial charge is 0.347 e. The Morgan fingerprint density at radius 3 is 2.62 bits per heavy atom. The molecule has 2 rings (SSSR count). The van der Waals surface area contributed by atoms with Crippen LogP contribution in [0.25, 0.3) is 0 Å². The molecule has 1 saturated carbocycles. The number of carbonyl (C=O) groups excluding carboxylic acids is 2. The Morgan fingerprint density at radius 2 is 1.96 bits per heavy atom. The van der Waals surface area contributed by atoms with E-state index in [1.54, 1.807) is 6.92 Å². The molecule has 8 heteroatoms. The molecule has 2 unspecified atom stereocenters. The fourth-order valence-electron chi connectivity index (χ4n) is 2.90. The van der Waals surface area contributed by atoms with Crippen LogP contribution in [0.1, 0.15) is 32.6 Å². The van der Waals surface area contributed by atoms with Gasteiger partial charge >= 0.3 is 0 Å². The van der Waals surface area contributed by atoms with E-state index in [2.05, 4.69) is 10.6 Å². The van der Waals surface area contributed by atoms with Gasteiger partial charge in [0.25, 0.3) is 0 Å². The van der Waals surface area contributed by atoms with E-state index >= 15 is 0 Å². The molecule has 1 aromatic rings. The van der Waals surface area contributed by atoms with Crippen LogP contribution in [-0.4, -0.2) is 23.9 Å². The minimum atomic E-state index is -1.67. The van der Waals surface area contributed by atoms with Crippen LogP contribution in [0.2, 0.25) is 0 Å². The molecule has 24 heavy (non-hydrogen) atoms. The Balaban J connectivity index is 1.91. The van der Waals surface area contributed by atoms with Crippen LogP contribution in [0, 0.1) is 23.4 Å². The summed E-state index contributed by atoms with van der Waals surface area (Å²) in [5.41, 5.74) is 4.99. The zero-order chi connectivity index (χ0) is 17.9. The molecule has 132 valence electrons. The predicted octanol–water partition coefficient (Wildman–Crippen LogP) is 2.07. The van der Waals surface area contributed by atoms with E-state index in [-0.39, 0.29) is 5.91 Å². The number of hydrogen-bond acceptors (Lipinski definition) is 3. The number of carbonyl (C=O) groups is 2. The van der Waals surface area contributed by atoms with Crippen molar-refractivity contribution < 1.29 is 22.8 Å². The highest BCUT2D eigenvalue weighted by atomic mass is 19.2. The zero-order valence-electron chi connectivity index (χ0n) is 13.3. The normalized spacial score (nSPS) is 23.6. The lowest BCUT2D eigenvalue weighted by atomic mass is 9.74.